The molecular formula is C19H18N4O4S. The molecule has 0 aliphatic carbocycles. The van der Waals surface area contributed by atoms with Crippen LogP contribution in [0.4, 0.5) is 5.13 Å². The highest BCUT2D eigenvalue weighted by Gasteiger charge is 2.27. The van der Waals surface area contributed by atoms with Crippen LogP contribution in [0.25, 0.3) is 11.3 Å². The van der Waals surface area contributed by atoms with Gasteiger partial charge >= 0.3 is 5.97 Å². The summed E-state index contributed by atoms with van der Waals surface area (Å²) < 4.78 is 10.5. The molecule has 0 unspecified atom stereocenters. The number of hydrogen-bond acceptors (Lipinski definition) is 7. The lowest BCUT2D eigenvalue weighted by molar-refractivity contribution is 0.0593. The van der Waals surface area contributed by atoms with E-state index in [0.29, 0.717) is 22.1 Å². The van der Waals surface area contributed by atoms with Crippen molar-refractivity contribution < 1.29 is 19.1 Å². The van der Waals surface area contributed by atoms with Crippen molar-refractivity contribution in [3.05, 3.63) is 46.1 Å². The molecule has 1 amide bonds. The third kappa shape index (κ3) is 3.03. The van der Waals surface area contributed by atoms with E-state index in [1.54, 1.807) is 0 Å². The number of thiazole rings is 1. The van der Waals surface area contributed by atoms with Gasteiger partial charge in [0.25, 0.3) is 5.91 Å². The van der Waals surface area contributed by atoms with Crippen LogP contribution in [0.1, 0.15) is 51.2 Å². The molecule has 4 rings (SSSR count). The number of para-hydroxylation sites is 1. The van der Waals surface area contributed by atoms with E-state index in [1.165, 1.54) is 18.4 Å². The molecule has 0 bridgehead atoms. The van der Waals surface area contributed by atoms with Crippen LogP contribution in [-0.4, -0.2) is 34.2 Å². The van der Waals surface area contributed by atoms with Crippen molar-refractivity contribution in [3.8, 4) is 17.0 Å². The molecule has 0 saturated heterocycles. The molecule has 3 heterocycles. The van der Waals surface area contributed by atoms with Gasteiger partial charge < -0.3 is 9.47 Å². The molecule has 2 N–H and O–H groups in total. The number of H-pyrrole nitrogens is 1. The largest absolute Gasteiger partial charge is 0.488 e. The van der Waals surface area contributed by atoms with Crippen LogP contribution in [0.5, 0.6) is 5.75 Å². The number of carbonyl (C=O) groups excluding carboxylic acids is 2. The Balaban J connectivity index is 1.63. The van der Waals surface area contributed by atoms with Gasteiger partial charge in [0.15, 0.2) is 10.8 Å². The maximum Gasteiger partial charge on any atom is 0.357 e. The quantitative estimate of drug-likeness (QED) is 0.651. The fourth-order valence-corrected chi connectivity index (χ4v) is 3.98. The number of nitrogens with zero attached hydrogens (tertiary/aromatic N) is 2. The van der Waals surface area contributed by atoms with Crippen LogP contribution in [0.15, 0.2) is 24.3 Å². The number of esters is 1. The van der Waals surface area contributed by atoms with Gasteiger partial charge in [0, 0.05) is 16.0 Å². The maximum absolute atomic E-state index is 12.8. The summed E-state index contributed by atoms with van der Waals surface area (Å²) in [5, 5.41) is 10.2. The van der Waals surface area contributed by atoms with E-state index in [2.05, 4.69) is 20.5 Å². The Morgan fingerprint density at radius 1 is 1.32 bits per heavy atom. The number of hydrogen-bond donors (Lipinski definition) is 2. The fourth-order valence-electron chi connectivity index (χ4n) is 3.03. The van der Waals surface area contributed by atoms with Crippen molar-refractivity contribution in [2.75, 3.05) is 12.4 Å². The zero-order valence-corrected chi connectivity index (χ0v) is 16.3. The number of carbonyl (C=O) groups is 2. The first-order chi connectivity index (χ1) is 13.5. The molecule has 28 heavy (non-hydrogen) atoms. The van der Waals surface area contributed by atoms with E-state index in [-0.39, 0.29) is 18.2 Å². The Bertz CT molecular complexity index is 1070. The third-order valence-corrected chi connectivity index (χ3v) is 5.66. The molecule has 9 heteroatoms. The molecule has 1 aliphatic rings. The fraction of sp³-hybridized carbons (Fsp3) is 0.263. The summed E-state index contributed by atoms with van der Waals surface area (Å²) in [5.41, 5.74) is 2.75. The number of methoxy groups -OCH3 is 1. The molecule has 0 atom stereocenters. The summed E-state index contributed by atoms with van der Waals surface area (Å²) in [4.78, 5) is 29.8. The number of anilines is 1. The van der Waals surface area contributed by atoms with Gasteiger partial charge in [0.2, 0.25) is 0 Å². The molecule has 0 saturated carbocycles. The highest BCUT2D eigenvalue weighted by Crippen LogP contribution is 2.37. The standard InChI is InChI=1S/C19H18N4O4S/c1-9(2)16-15(18(25)26-3)20-19(28-16)21-17(24)14-11-8-27-12-7-5-4-6-10(12)13(11)22-23-14/h4-7,9H,8H2,1-3H3,(H,22,23)(H,20,21,24). The average Bonchev–Trinajstić information content (AvgIpc) is 3.31. The number of nitrogens with one attached hydrogen (secondary N) is 2. The predicted molar refractivity (Wildman–Crippen MR) is 104 cm³/mol. The smallest absolute Gasteiger partial charge is 0.357 e. The number of ether oxygens (including phenoxy) is 2. The van der Waals surface area contributed by atoms with Crippen molar-refractivity contribution in [1.82, 2.24) is 15.2 Å². The third-order valence-electron chi connectivity index (χ3n) is 4.39. The minimum Gasteiger partial charge on any atom is -0.488 e. The highest BCUT2D eigenvalue weighted by molar-refractivity contribution is 7.16. The van der Waals surface area contributed by atoms with Crippen LogP contribution in [-0.2, 0) is 11.3 Å². The number of amides is 1. The molecule has 1 aliphatic heterocycles. The predicted octanol–water partition coefficient (Wildman–Crippen LogP) is 3.59. The number of benzene rings is 1. The van der Waals surface area contributed by atoms with E-state index >= 15 is 0 Å². The lowest BCUT2D eigenvalue weighted by Gasteiger charge is -2.16. The molecular weight excluding hydrogens is 380 g/mol. The highest BCUT2D eigenvalue weighted by atomic mass is 32.1. The topological polar surface area (TPSA) is 106 Å². The van der Waals surface area contributed by atoms with Gasteiger partial charge in [-0.2, -0.15) is 5.10 Å². The Morgan fingerprint density at radius 2 is 2.11 bits per heavy atom. The molecule has 1 aromatic carbocycles. The van der Waals surface area contributed by atoms with E-state index in [0.717, 1.165) is 16.2 Å². The van der Waals surface area contributed by atoms with Gasteiger partial charge in [0.1, 0.15) is 23.7 Å². The van der Waals surface area contributed by atoms with E-state index in [4.69, 9.17) is 9.47 Å². The van der Waals surface area contributed by atoms with Gasteiger partial charge in [-0.1, -0.05) is 26.0 Å². The Morgan fingerprint density at radius 3 is 2.86 bits per heavy atom. The van der Waals surface area contributed by atoms with Crippen molar-refractivity contribution in [1.29, 1.82) is 0 Å². The van der Waals surface area contributed by atoms with Crippen molar-refractivity contribution in [2.24, 2.45) is 0 Å². The summed E-state index contributed by atoms with van der Waals surface area (Å²) in [6.07, 6.45) is 0. The molecule has 2 aromatic heterocycles. The molecule has 144 valence electrons. The van der Waals surface area contributed by atoms with E-state index in [9.17, 15) is 9.59 Å². The van der Waals surface area contributed by atoms with Crippen molar-refractivity contribution in [3.63, 3.8) is 0 Å². The van der Waals surface area contributed by atoms with Gasteiger partial charge in [-0.05, 0) is 18.1 Å². The first-order valence-electron chi connectivity index (χ1n) is 8.69. The summed E-state index contributed by atoms with van der Waals surface area (Å²) in [5.74, 6) is -0.110. The summed E-state index contributed by atoms with van der Waals surface area (Å²) in [7, 11) is 1.30. The average molecular weight is 398 g/mol. The molecule has 8 nitrogen and oxygen atoms in total. The van der Waals surface area contributed by atoms with Crippen LogP contribution in [0.2, 0.25) is 0 Å². The van der Waals surface area contributed by atoms with Gasteiger partial charge in [-0.3, -0.25) is 15.2 Å². The second kappa shape index (κ2) is 7.08. The summed E-state index contributed by atoms with van der Waals surface area (Å²) in [6, 6.07) is 7.54. The number of rotatable bonds is 4. The molecule has 3 aromatic rings. The minimum absolute atomic E-state index is 0.0714. The number of aromatic amines is 1. The second-order valence-corrected chi connectivity index (χ2v) is 7.57. The molecule has 0 spiro atoms. The zero-order chi connectivity index (χ0) is 19.8. The lowest BCUT2D eigenvalue weighted by atomic mass is 10.0. The minimum atomic E-state index is -0.524. The van der Waals surface area contributed by atoms with Crippen molar-refractivity contribution >= 4 is 28.3 Å². The molecule has 0 fully saturated rings. The lowest BCUT2D eigenvalue weighted by Crippen LogP contribution is -2.16. The van der Waals surface area contributed by atoms with Gasteiger partial charge in [0.05, 0.1) is 7.11 Å². The summed E-state index contributed by atoms with van der Waals surface area (Å²) in [6.45, 7) is 4.14. The Kier molecular flexibility index (Phi) is 4.60. The first-order valence-corrected chi connectivity index (χ1v) is 9.51. The monoisotopic (exact) mass is 398 g/mol. The second-order valence-electron chi connectivity index (χ2n) is 6.54. The summed E-state index contributed by atoms with van der Waals surface area (Å²) >= 11 is 1.25. The Hall–Kier alpha value is -3.20. The van der Waals surface area contributed by atoms with Crippen molar-refractivity contribution in [2.45, 2.75) is 26.4 Å². The first kappa shape index (κ1) is 18.2. The van der Waals surface area contributed by atoms with Crippen LogP contribution >= 0.6 is 11.3 Å². The van der Waals surface area contributed by atoms with Crippen LogP contribution < -0.4 is 10.1 Å². The van der Waals surface area contributed by atoms with Gasteiger partial charge in [-0.25, -0.2) is 9.78 Å². The normalized spacial score (nSPS) is 12.1. The van der Waals surface area contributed by atoms with E-state index < -0.39 is 11.9 Å². The Labute approximate surface area is 164 Å². The number of aromatic nitrogens is 3. The van der Waals surface area contributed by atoms with Crippen LogP contribution in [0, 0.1) is 0 Å². The van der Waals surface area contributed by atoms with E-state index in [1.807, 2.05) is 38.1 Å². The molecule has 0 radical (unpaired) electrons. The van der Waals surface area contributed by atoms with Crippen LogP contribution in [0.3, 0.4) is 0 Å². The zero-order valence-electron chi connectivity index (χ0n) is 15.5. The maximum atomic E-state index is 12.8. The SMILES string of the molecule is COC(=O)c1nc(NC(=O)c2[nH]nc3c2COc2ccccc2-3)sc1C(C)C. The van der Waals surface area contributed by atoms with Gasteiger partial charge in [-0.15, -0.1) is 11.3 Å². The number of fused-ring (bicyclic) bond motifs is 3.